The minimum Gasteiger partial charge on any atom is -0.487 e. The first-order valence-electron chi connectivity index (χ1n) is 9.63. The number of hydrogen-bond acceptors (Lipinski definition) is 5. The van der Waals surface area contributed by atoms with E-state index in [1.54, 1.807) is 18.3 Å². The van der Waals surface area contributed by atoms with Gasteiger partial charge in [0.25, 0.3) is 5.69 Å². The van der Waals surface area contributed by atoms with E-state index in [0.29, 0.717) is 18.0 Å². The molecule has 32 heavy (non-hydrogen) atoms. The maximum atomic E-state index is 10.7. The Morgan fingerprint density at radius 1 is 0.938 bits per heavy atom. The van der Waals surface area contributed by atoms with Gasteiger partial charge in [0.1, 0.15) is 12.4 Å². The Balaban J connectivity index is 1.41. The van der Waals surface area contributed by atoms with E-state index in [-0.39, 0.29) is 5.69 Å². The molecule has 0 aliphatic rings. The number of benzene rings is 4. The minimum absolute atomic E-state index is 0.0340. The van der Waals surface area contributed by atoms with Gasteiger partial charge in [0.15, 0.2) is 0 Å². The molecule has 1 N–H and O–H groups in total. The van der Waals surface area contributed by atoms with Crippen molar-refractivity contribution in [1.29, 1.82) is 0 Å². The van der Waals surface area contributed by atoms with E-state index in [1.165, 1.54) is 22.9 Å². The quantitative estimate of drug-likeness (QED) is 0.148. The third-order valence-corrected chi connectivity index (χ3v) is 5.88. The summed E-state index contributed by atoms with van der Waals surface area (Å²) in [6, 6.07) is 24.4. The lowest BCUT2D eigenvalue weighted by Crippen LogP contribution is -1.98. The van der Waals surface area contributed by atoms with Crippen LogP contribution in [-0.2, 0) is 6.61 Å². The third-order valence-electron chi connectivity index (χ3n) is 4.70. The Labute approximate surface area is 201 Å². The molecule has 6 nitrogen and oxygen atoms in total. The van der Waals surface area contributed by atoms with E-state index < -0.39 is 4.92 Å². The molecule has 0 spiro atoms. The van der Waals surface area contributed by atoms with Crippen molar-refractivity contribution in [3.8, 4) is 5.75 Å². The van der Waals surface area contributed by atoms with Crippen LogP contribution >= 0.6 is 31.9 Å². The first-order chi connectivity index (χ1) is 15.5. The summed E-state index contributed by atoms with van der Waals surface area (Å²) >= 11 is 7.14. The lowest BCUT2D eigenvalue weighted by molar-refractivity contribution is -0.384. The molecule has 0 radical (unpaired) electrons. The van der Waals surface area contributed by atoms with Gasteiger partial charge in [-0.05, 0) is 84.1 Å². The molecule has 0 aliphatic heterocycles. The largest absolute Gasteiger partial charge is 0.487 e. The number of ether oxygens (including phenoxy) is 1. The molecule has 8 heteroatoms. The second-order valence-electron chi connectivity index (χ2n) is 6.96. The fraction of sp³-hybridized carbons (Fsp3) is 0.0417. The van der Waals surface area contributed by atoms with Crippen molar-refractivity contribution in [2.24, 2.45) is 5.10 Å². The molecule has 160 valence electrons. The predicted octanol–water partition coefficient (Wildman–Crippen LogP) is 7.30. The van der Waals surface area contributed by atoms with Crippen LogP contribution in [0.3, 0.4) is 0 Å². The first-order valence-corrected chi connectivity index (χ1v) is 11.2. The average molecular weight is 555 g/mol. The summed E-state index contributed by atoms with van der Waals surface area (Å²) in [5, 5.41) is 17.3. The van der Waals surface area contributed by atoms with Gasteiger partial charge in [0.2, 0.25) is 0 Å². The van der Waals surface area contributed by atoms with Crippen molar-refractivity contribution in [2.75, 3.05) is 5.43 Å². The van der Waals surface area contributed by atoms with Crippen LogP contribution in [0.5, 0.6) is 5.75 Å². The van der Waals surface area contributed by atoms with E-state index in [9.17, 15) is 10.1 Å². The minimum atomic E-state index is -0.439. The maximum Gasteiger partial charge on any atom is 0.269 e. The van der Waals surface area contributed by atoms with E-state index in [2.05, 4.69) is 72.7 Å². The molecule has 4 rings (SSSR count). The zero-order valence-electron chi connectivity index (χ0n) is 16.7. The number of non-ortho nitro benzene ring substituents is 1. The number of rotatable bonds is 7. The normalized spacial score (nSPS) is 11.1. The number of nitrogens with zero attached hydrogens (tertiary/aromatic N) is 2. The van der Waals surface area contributed by atoms with E-state index in [1.807, 2.05) is 24.3 Å². The van der Waals surface area contributed by atoms with Crippen LogP contribution in [0.25, 0.3) is 10.8 Å². The van der Waals surface area contributed by atoms with Gasteiger partial charge >= 0.3 is 0 Å². The number of hydrogen-bond donors (Lipinski definition) is 1. The topological polar surface area (TPSA) is 76.8 Å². The molecular weight excluding hydrogens is 538 g/mol. The summed E-state index contributed by atoms with van der Waals surface area (Å²) in [6.07, 6.45) is 1.66. The summed E-state index contributed by atoms with van der Waals surface area (Å²) < 4.78 is 7.64. The Bertz CT molecular complexity index is 1280. The molecule has 0 bridgehead atoms. The number of hydrazone groups is 1. The third kappa shape index (κ3) is 5.33. The number of nitro groups is 1. The van der Waals surface area contributed by atoms with Crippen LogP contribution in [0.4, 0.5) is 11.4 Å². The molecule has 4 aromatic rings. The standard InChI is InChI=1S/C24H17Br2N3O3/c25-22-12-17(14-27-28-20-7-9-21(10-8-20)29(30)31)13-23(26)24(22)32-15-16-5-6-18-3-1-2-4-19(18)11-16/h1-14,28H,15H2/b27-14+. The molecule has 0 atom stereocenters. The van der Waals surface area contributed by atoms with E-state index in [0.717, 1.165) is 20.1 Å². The second kappa shape index (κ2) is 9.93. The molecule has 4 aromatic carbocycles. The van der Waals surface area contributed by atoms with Crippen molar-refractivity contribution in [1.82, 2.24) is 0 Å². The predicted molar refractivity (Wildman–Crippen MR) is 134 cm³/mol. The highest BCUT2D eigenvalue weighted by molar-refractivity contribution is 9.11. The van der Waals surface area contributed by atoms with Crippen molar-refractivity contribution in [3.63, 3.8) is 0 Å². The fourth-order valence-corrected chi connectivity index (χ4v) is 4.57. The lowest BCUT2D eigenvalue weighted by Gasteiger charge is -2.12. The summed E-state index contributed by atoms with van der Waals surface area (Å²) in [6.45, 7) is 0.442. The number of halogens is 2. The van der Waals surface area contributed by atoms with Crippen LogP contribution in [0, 0.1) is 10.1 Å². The molecule has 0 unspecified atom stereocenters. The van der Waals surface area contributed by atoms with Crippen LogP contribution in [0.2, 0.25) is 0 Å². The van der Waals surface area contributed by atoms with Crippen molar-refractivity contribution >= 4 is 60.2 Å². The summed E-state index contributed by atoms with van der Waals surface area (Å²) in [4.78, 5) is 10.3. The Morgan fingerprint density at radius 3 is 2.31 bits per heavy atom. The summed E-state index contributed by atoms with van der Waals surface area (Å²) in [5.74, 6) is 0.707. The van der Waals surface area contributed by atoms with Crippen molar-refractivity contribution < 1.29 is 9.66 Å². The zero-order chi connectivity index (χ0) is 22.5. The van der Waals surface area contributed by atoms with Gasteiger partial charge in [-0.3, -0.25) is 15.5 Å². The van der Waals surface area contributed by atoms with Gasteiger partial charge in [-0.2, -0.15) is 5.10 Å². The van der Waals surface area contributed by atoms with Crippen molar-refractivity contribution in [2.45, 2.75) is 6.61 Å². The summed E-state index contributed by atoms with van der Waals surface area (Å²) in [7, 11) is 0. The van der Waals surface area contributed by atoms with Gasteiger partial charge in [-0.15, -0.1) is 0 Å². The first kappa shape index (κ1) is 22.0. The van der Waals surface area contributed by atoms with E-state index in [4.69, 9.17) is 4.74 Å². The highest BCUT2D eigenvalue weighted by Gasteiger charge is 2.09. The van der Waals surface area contributed by atoms with Gasteiger partial charge in [0, 0.05) is 12.1 Å². The zero-order valence-corrected chi connectivity index (χ0v) is 19.8. The number of nitro benzene ring substituents is 1. The highest BCUT2D eigenvalue weighted by atomic mass is 79.9. The number of anilines is 1. The lowest BCUT2D eigenvalue weighted by atomic mass is 10.1. The molecule has 0 fully saturated rings. The van der Waals surface area contributed by atoms with Crippen LogP contribution in [0.1, 0.15) is 11.1 Å². The molecule has 0 heterocycles. The second-order valence-corrected chi connectivity index (χ2v) is 8.67. The maximum absolute atomic E-state index is 10.7. The van der Waals surface area contributed by atoms with E-state index >= 15 is 0 Å². The Kier molecular flexibility index (Phi) is 6.82. The molecule has 0 saturated heterocycles. The Hall–Kier alpha value is -3.23. The molecule has 0 saturated carbocycles. The van der Waals surface area contributed by atoms with Crippen LogP contribution in [-0.4, -0.2) is 11.1 Å². The van der Waals surface area contributed by atoms with Crippen LogP contribution < -0.4 is 10.2 Å². The monoisotopic (exact) mass is 553 g/mol. The van der Waals surface area contributed by atoms with Gasteiger partial charge in [0.05, 0.1) is 25.8 Å². The molecular formula is C24H17Br2N3O3. The van der Waals surface area contributed by atoms with Gasteiger partial charge < -0.3 is 4.74 Å². The summed E-state index contributed by atoms with van der Waals surface area (Å²) in [5.41, 5.74) is 5.47. The van der Waals surface area contributed by atoms with Gasteiger partial charge in [-0.25, -0.2) is 0 Å². The molecule has 0 amide bonds. The number of nitrogens with one attached hydrogen (secondary N) is 1. The smallest absolute Gasteiger partial charge is 0.269 e. The number of fused-ring (bicyclic) bond motifs is 1. The Morgan fingerprint density at radius 2 is 1.62 bits per heavy atom. The fourth-order valence-electron chi connectivity index (χ4n) is 3.12. The molecule has 0 aliphatic carbocycles. The van der Waals surface area contributed by atoms with Crippen LogP contribution in [0.15, 0.2) is 92.9 Å². The molecule has 0 aromatic heterocycles. The van der Waals surface area contributed by atoms with Gasteiger partial charge in [-0.1, -0.05) is 36.4 Å². The van der Waals surface area contributed by atoms with Crippen molar-refractivity contribution in [3.05, 3.63) is 109 Å². The average Bonchev–Trinajstić information content (AvgIpc) is 2.79. The highest BCUT2D eigenvalue weighted by Crippen LogP contribution is 2.35. The SMILES string of the molecule is O=[N+]([O-])c1ccc(N/N=C/c2cc(Br)c(OCc3ccc4ccccc4c3)c(Br)c2)cc1.